The van der Waals surface area contributed by atoms with E-state index in [4.69, 9.17) is 5.73 Å². The number of carbonyl (C=O) groups is 1. The second kappa shape index (κ2) is 15.8. The van der Waals surface area contributed by atoms with E-state index < -0.39 is 124 Å². The van der Waals surface area contributed by atoms with Gasteiger partial charge in [0.25, 0.3) is 20.2 Å². The van der Waals surface area contributed by atoms with Crippen LogP contribution in [0, 0.1) is 0 Å². The van der Waals surface area contributed by atoms with Crippen LogP contribution in [0.2, 0.25) is 0 Å². The summed E-state index contributed by atoms with van der Waals surface area (Å²) in [4.78, 5) is 7.63. The van der Waals surface area contributed by atoms with E-state index in [0.29, 0.717) is 12.1 Å². The zero-order chi connectivity index (χ0) is 44.1. The summed E-state index contributed by atoms with van der Waals surface area (Å²) in [6.45, 7) is 0. The highest BCUT2D eigenvalue weighted by atomic mass is 32.3. The molecule has 23 nitrogen and oxygen atoms in total. The molecular weight excluding hydrogens is 879 g/mol. The molecule has 6 aromatic carbocycles. The van der Waals surface area contributed by atoms with Gasteiger partial charge in [-0.05, 0) is 60.0 Å². The lowest BCUT2D eigenvalue weighted by molar-refractivity contribution is 0.0697. The second-order valence-corrected chi connectivity index (χ2v) is 17.9. The fourth-order valence-corrected chi connectivity index (χ4v) is 8.31. The van der Waals surface area contributed by atoms with Crippen molar-refractivity contribution in [1.82, 2.24) is 0 Å². The molecule has 0 bridgehead atoms. The molecule has 13 N–H and O–H groups in total. The van der Waals surface area contributed by atoms with Gasteiger partial charge < -0.3 is 48.4 Å². The first-order valence-electron chi connectivity index (χ1n) is 15.9. The van der Waals surface area contributed by atoms with E-state index in [2.05, 4.69) is 30.7 Å². The molecule has 0 aliphatic carbocycles. The number of rotatable bonds is 11. The largest absolute Gasteiger partial charge is 0.505 e. The molecule has 0 unspecified atom stereocenters. The number of phenols is 2. The van der Waals surface area contributed by atoms with Crippen LogP contribution in [-0.2, 0) is 20.2 Å². The lowest BCUT2D eigenvalue weighted by Gasteiger charge is -2.23. The third-order valence-electron chi connectivity index (χ3n) is 8.27. The van der Waals surface area contributed by atoms with Gasteiger partial charge in [0.1, 0.15) is 60.0 Å². The summed E-state index contributed by atoms with van der Waals surface area (Å²) in [6, 6.07) is 16.2. The standard InChI is InChI=1S/C33H27N7O16S4/c34-28-22(14-23(57(45,46)47)19-13-26(60(54,55)56)30(32(42)27(19)28)40-36-20-9-5-4-8-17(20)33(43)44)38-37-21-12-18-15(10-24(21)58(48,49)50)11-25(59(51,52)53)29(31(18)41)39-35-16-6-2-1-3-7-16/h1-14,41-42,48-50,54-56H,34H2,(H,43,44)(H,45,46,47)(H,51,52,53). The molecule has 314 valence electrons. The Hall–Kier alpha value is -6.21. The summed E-state index contributed by atoms with van der Waals surface area (Å²) >= 11 is 0. The van der Waals surface area contributed by atoms with Gasteiger partial charge in [0, 0.05) is 10.8 Å². The van der Waals surface area contributed by atoms with E-state index in [-0.39, 0.29) is 22.1 Å². The fourth-order valence-electron chi connectivity index (χ4n) is 5.62. The average molecular weight is 906 g/mol. The van der Waals surface area contributed by atoms with E-state index in [1.54, 1.807) is 18.2 Å². The van der Waals surface area contributed by atoms with Crippen molar-refractivity contribution in [2.75, 3.05) is 5.73 Å². The number of aromatic hydroxyl groups is 2. The molecule has 0 atom stereocenters. The Kier molecular flexibility index (Phi) is 11.4. The predicted octanol–water partition coefficient (Wildman–Crippen LogP) is 9.59. The Labute approximate surface area is 339 Å². The van der Waals surface area contributed by atoms with Gasteiger partial charge in [0.15, 0.2) is 11.5 Å². The van der Waals surface area contributed by atoms with Crippen LogP contribution in [-0.4, -0.2) is 74.5 Å². The lowest BCUT2D eigenvalue weighted by Crippen LogP contribution is -2.03. The third kappa shape index (κ3) is 8.72. The lowest BCUT2D eigenvalue weighted by atomic mass is 10.0. The van der Waals surface area contributed by atoms with Crippen molar-refractivity contribution >= 4 is 109 Å². The molecule has 0 aliphatic heterocycles. The van der Waals surface area contributed by atoms with E-state index in [0.717, 1.165) is 24.3 Å². The molecule has 0 spiro atoms. The van der Waals surface area contributed by atoms with E-state index >= 15 is 0 Å². The second-order valence-electron chi connectivity index (χ2n) is 12.2. The molecule has 0 saturated carbocycles. The molecule has 0 radical (unpaired) electrons. The monoisotopic (exact) mass is 905 g/mol. The fraction of sp³-hybridized carbons (Fsp3) is 0. The molecule has 0 saturated heterocycles. The summed E-state index contributed by atoms with van der Waals surface area (Å²) in [7, 11) is -20.3. The summed E-state index contributed by atoms with van der Waals surface area (Å²) in [5.41, 5.74) is 1.84. The number of nitrogens with two attached hydrogens (primary N) is 1. The number of aromatic carboxylic acids is 1. The topological polar surface area (TPSA) is 408 Å². The first-order chi connectivity index (χ1) is 27.9. The van der Waals surface area contributed by atoms with Crippen LogP contribution in [0.15, 0.2) is 135 Å². The Morgan fingerprint density at radius 2 is 1.05 bits per heavy atom. The maximum absolute atomic E-state index is 12.7. The molecule has 0 fully saturated rings. The molecule has 0 aliphatic rings. The van der Waals surface area contributed by atoms with Crippen LogP contribution in [0.5, 0.6) is 11.5 Å². The molecule has 0 heterocycles. The quantitative estimate of drug-likeness (QED) is 0.0327. The van der Waals surface area contributed by atoms with Gasteiger partial charge in [-0.1, -0.05) is 30.3 Å². The van der Waals surface area contributed by atoms with Crippen LogP contribution in [0.3, 0.4) is 0 Å². The number of hydrogen-bond donors (Lipinski definition) is 12. The van der Waals surface area contributed by atoms with Crippen molar-refractivity contribution in [3.63, 3.8) is 0 Å². The SMILES string of the molecule is Nc1c(N=Nc2cc3c(O)c(N=Nc4ccccc4)c(S(=O)(=O)O)cc3cc2S(O)(O)O)cc(S(=O)(=O)O)c2cc(S(O)(O)O)c(N=Nc3ccccc3C(=O)O)c(O)c12. The predicted molar refractivity (Wildman–Crippen MR) is 215 cm³/mol. The summed E-state index contributed by atoms with van der Waals surface area (Å²) in [5, 5.41) is 52.6. The molecule has 0 aromatic heterocycles. The number of phenolic OH excluding ortho intramolecular Hbond substituents is 2. The number of carboxylic acid groups (broad SMARTS) is 1. The summed E-state index contributed by atoms with van der Waals surface area (Å²) in [5.74, 6) is -3.64. The molecular formula is C33H27N7O16S4. The van der Waals surface area contributed by atoms with Crippen molar-refractivity contribution in [2.45, 2.75) is 19.6 Å². The normalized spacial score (nSPS) is 13.6. The smallest absolute Gasteiger partial charge is 0.337 e. The molecule has 6 rings (SSSR count). The number of hydrogen-bond acceptors (Lipinski definition) is 20. The van der Waals surface area contributed by atoms with Crippen molar-refractivity contribution in [3.05, 3.63) is 90.5 Å². The highest BCUT2D eigenvalue weighted by molar-refractivity contribution is 8.19. The summed E-state index contributed by atoms with van der Waals surface area (Å²) < 4.78 is 132. The minimum Gasteiger partial charge on any atom is -0.505 e. The minimum atomic E-state index is -5.39. The number of azo groups is 3. The van der Waals surface area contributed by atoms with Crippen LogP contribution >= 0.6 is 21.7 Å². The van der Waals surface area contributed by atoms with Gasteiger partial charge in [0.05, 0.1) is 32.1 Å². The highest BCUT2D eigenvalue weighted by Crippen LogP contribution is 2.57. The Balaban J connectivity index is 1.61. The Bertz CT molecular complexity index is 3080. The average Bonchev–Trinajstić information content (AvgIpc) is 3.15. The first kappa shape index (κ1) is 43.4. The third-order valence-corrected chi connectivity index (χ3v) is 11.9. The number of benzene rings is 6. The number of anilines is 1. The van der Waals surface area contributed by atoms with Crippen LogP contribution in [0.25, 0.3) is 21.5 Å². The number of nitrogens with zero attached hydrogens (tertiary/aromatic N) is 6. The zero-order valence-corrected chi connectivity index (χ0v) is 32.7. The van der Waals surface area contributed by atoms with E-state index in [1.165, 1.54) is 30.3 Å². The molecule has 27 heteroatoms. The van der Waals surface area contributed by atoms with Gasteiger partial charge in [-0.3, -0.25) is 9.11 Å². The van der Waals surface area contributed by atoms with E-state index in [1.807, 2.05) is 0 Å². The number of nitrogen functional groups attached to an aromatic ring is 1. The van der Waals surface area contributed by atoms with Crippen LogP contribution in [0.1, 0.15) is 10.4 Å². The van der Waals surface area contributed by atoms with Gasteiger partial charge in [-0.15, -0.1) is 25.6 Å². The highest BCUT2D eigenvalue weighted by Gasteiger charge is 2.31. The van der Waals surface area contributed by atoms with Gasteiger partial charge in [-0.25, -0.2) is 4.79 Å². The molecule has 6 aromatic rings. The number of fused-ring (bicyclic) bond motifs is 2. The maximum Gasteiger partial charge on any atom is 0.337 e. The minimum absolute atomic E-state index is 0.195. The van der Waals surface area contributed by atoms with E-state index in [9.17, 15) is 73.4 Å². The van der Waals surface area contributed by atoms with Crippen LogP contribution in [0.4, 0.5) is 39.8 Å². The van der Waals surface area contributed by atoms with Gasteiger partial charge >= 0.3 is 5.97 Å². The van der Waals surface area contributed by atoms with Crippen molar-refractivity contribution < 1.29 is 73.4 Å². The van der Waals surface area contributed by atoms with Crippen molar-refractivity contribution in [3.8, 4) is 11.5 Å². The van der Waals surface area contributed by atoms with Crippen molar-refractivity contribution in [1.29, 1.82) is 0 Å². The maximum atomic E-state index is 12.7. The number of carboxylic acids is 1. The Morgan fingerprint density at radius 3 is 1.65 bits per heavy atom. The zero-order valence-electron chi connectivity index (χ0n) is 29.4. The molecule has 60 heavy (non-hydrogen) atoms. The molecule has 0 amide bonds. The van der Waals surface area contributed by atoms with Gasteiger partial charge in [-0.2, -0.15) is 21.9 Å². The first-order valence-corrected chi connectivity index (χ1v) is 21.8. The van der Waals surface area contributed by atoms with Crippen molar-refractivity contribution in [2.24, 2.45) is 30.7 Å². The van der Waals surface area contributed by atoms with Gasteiger partial charge in [0.2, 0.25) is 0 Å². The van der Waals surface area contributed by atoms with Crippen LogP contribution < -0.4 is 5.73 Å². The summed E-state index contributed by atoms with van der Waals surface area (Å²) in [6.07, 6.45) is 0. The Morgan fingerprint density at radius 1 is 0.517 bits per heavy atom.